The molecule has 26 heavy (non-hydrogen) atoms. The van der Waals surface area contributed by atoms with E-state index in [-0.39, 0.29) is 12.0 Å². The van der Waals surface area contributed by atoms with Crippen LogP contribution in [0.15, 0.2) is 53.2 Å². The van der Waals surface area contributed by atoms with E-state index in [0.29, 0.717) is 24.0 Å². The van der Waals surface area contributed by atoms with E-state index < -0.39 is 6.10 Å². The molecule has 0 spiro atoms. The lowest BCUT2D eigenvalue weighted by Gasteiger charge is -2.21. The zero-order valence-electron chi connectivity index (χ0n) is 15.3. The van der Waals surface area contributed by atoms with Gasteiger partial charge in [-0.15, -0.1) is 0 Å². The first-order valence-electron chi connectivity index (χ1n) is 8.81. The molecule has 2 heterocycles. The normalized spacial score (nSPS) is 13.6. The summed E-state index contributed by atoms with van der Waals surface area (Å²) in [6.45, 7) is 5.97. The fraction of sp³-hybridized carbons (Fsp3) is 0.350. The van der Waals surface area contributed by atoms with E-state index in [0.717, 1.165) is 11.1 Å². The van der Waals surface area contributed by atoms with Crippen LogP contribution >= 0.6 is 0 Å². The molecule has 0 aliphatic rings. The zero-order chi connectivity index (χ0) is 18.5. The molecule has 2 atom stereocenters. The van der Waals surface area contributed by atoms with Crippen LogP contribution in [-0.4, -0.2) is 32.4 Å². The van der Waals surface area contributed by atoms with Crippen LogP contribution in [-0.2, 0) is 6.42 Å². The Morgan fingerprint density at radius 1 is 1.12 bits per heavy atom. The van der Waals surface area contributed by atoms with Gasteiger partial charge in [0.1, 0.15) is 5.82 Å². The second-order valence-electron chi connectivity index (χ2n) is 6.73. The number of nitrogens with zero attached hydrogens (tertiary/aromatic N) is 3. The third kappa shape index (κ3) is 4.46. The van der Waals surface area contributed by atoms with Crippen LogP contribution in [0.5, 0.6) is 0 Å². The first-order chi connectivity index (χ1) is 12.5. The van der Waals surface area contributed by atoms with E-state index >= 15 is 0 Å². The van der Waals surface area contributed by atoms with Crippen molar-refractivity contribution in [3.05, 3.63) is 60.0 Å². The van der Waals surface area contributed by atoms with Gasteiger partial charge in [-0.2, -0.15) is 4.98 Å². The van der Waals surface area contributed by atoms with Crippen LogP contribution in [0.4, 0.5) is 5.82 Å². The molecule has 6 nitrogen and oxygen atoms in total. The van der Waals surface area contributed by atoms with Crippen LogP contribution in [0.1, 0.15) is 38.1 Å². The Bertz CT molecular complexity index is 833. The Kier molecular flexibility index (Phi) is 5.63. The largest absolute Gasteiger partial charge is 0.391 e. The zero-order valence-corrected chi connectivity index (χ0v) is 15.3. The number of anilines is 1. The molecule has 0 bridgehead atoms. The van der Waals surface area contributed by atoms with Crippen LogP contribution in [0, 0.1) is 0 Å². The van der Waals surface area contributed by atoms with Gasteiger partial charge in [0.2, 0.25) is 0 Å². The molecule has 0 fully saturated rings. The summed E-state index contributed by atoms with van der Waals surface area (Å²) in [7, 11) is 0. The highest BCUT2D eigenvalue weighted by atomic mass is 16.5. The second-order valence-corrected chi connectivity index (χ2v) is 6.73. The van der Waals surface area contributed by atoms with E-state index in [1.807, 2.05) is 63.2 Å². The molecule has 136 valence electrons. The number of hydrogen-bond acceptors (Lipinski definition) is 6. The smallest absolute Gasteiger partial charge is 0.258 e. The maximum absolute atomic E-state index is 10.5. The summed E-state index contributed by atoms with van der Waals surface area (Å²) in [5, 5.41) is 17.7. The van der Waals surface area contributed by atoms with Crippen molar-refractivity contribution in [2.24, 2.45) is 0 Å². The van der Waals surface area contributed by atoms with Crippen LogP contribution in [0.3, 0.4) is 0 Å². The first kappa shape index (κ1) is 18.1. The minimum Gasteiger partial charge on any atom is -0.391 e. The molecular formula is C20H24N4O2. The summed E-state index contributed by atoms with van der Waals surface area (Å²) < 4.78 is 5.33. The van der Waals surface area contributed by atoms with Crippen molar-refractivity contribution in [2.75, 3.05) is 5.32 Å². The number of aromatic nitrogens is 3. The summed E-state index contributed by atoms with van der Waals surface area (Å²) in [5.41, 5.74) is 1.90. The number of aliphatic hydroxyl groups excluding tert-OH is 1. The van der Waals surface area contributed by atoms with Gasteiger partial charge in [-0.1, -0.05) is 49.3 Å². The monoisotopic (exact) mass is 352 g/mol. The third-order valence-corrected chi connectivity index (χ3v) is 4.21. The number of aliphatic hydroxyl groups is 1. The molecule has 0 saturated heterocycles. The lowest BCUT2D eigenvalue weighted by Crippen LogP contribution is -2.32. The Labute approximate surface area is 153 Å². The summed E-state index contributed by atoms with van der Waals surface area (Å²) in [6.07, 6.45) is 1.74. The summed E-state index contributed by atoms with van der Waals surface area (Å²) in [5.74, 6) is 2.01. The predicted octanol–water partition coefficient (Wildman–Crippen LogP) is 3.66. The molecular weight excluding hydrogens is 328 g/mol. The highest BCUT2D eigenvalue weighted by molar-refractivity contribution is 5.58. The predicted molar refractivity (Wildman–Crippen MR) is 101 cm³/mol. The molecule has 2 aromatic heterocycles. The van der Waals surface area contributed by atoms with Crippen molar-refractivity contribution >= 4 is 5.82 Å². The Balaban J connectivity index is 1.67. The Morgan fingerprint density at radius 2 is 1.88 bits per heavy atom. The maximum Gasteiger partial charge on any atom is 0.258 e. The number of hydrogen-bond donors (Lipinski definition) is 2. The van der Waals surface area contributed by atoms with E-state index in [1.165, 1.54) is 0 Å². The second kappa shape index (κ2) is 8.10. The summed E-state index contributed by atoms with van der Waals surface area (Å²) in [6, 6.07) is 13.5. The van der Waals surface area contributed by atoms with Gasteiger partial charge in [0, 0.05) is 24.1 Å². The molecule has 0 aliphatic carbocycles. The molecule has 0 saturated carbocycles. The molecule has 0 aliphatic heterocycles. The molecule has 2 unspecified atom stereocenters. The number of rotatable bonds is 7. The van der Waals surface area contributed by atoms with Gasteiger partial charge in [0.15, 0.2) is 5.82 Å². The number of pyridine rings is 1. The van der Waals surface area contributed by atoms with E-state index in [1.54, 1.807) is 6.20 Å². The lowest BCUT2D eigenvalue weighted by atomic mass is 10.0. The molecule has 1 aromatic carbocycles. The van der Waals surface area contributed by atoms with Crippen LogP contribution in [0.2, 0.25) is 0 Å². The Hall–Kier alpha value is -2.73. The van der Waals surface area contributed by atoms with Crippen molar-refractivity contribution in [3.8, 4) is 11.5 Å². The minimum absolute atomic E-state index is 0.160. The van der Waals surface area contributed by atoms with Crippen molar-refractivity contribution in [1.29, 1.82) is 0 Å². The Morgan fingerprint density at radius 3 is 2.58 bits per heavy atom. The quantitative estimate of drug-likeness (QED) is 0.675. The molecule has 0 radical (unpaired) electrons. The average Bonchev–Trinajstić information content (AvgIpc) is 3.13. The lowest BCUT2D eigenvalue weighted by molar-refractivity contribution is 0.158. The molecule has 0 amide bonds. The SMILES string of the molecule is CC(C)c1noc(-c2ccnc(NC(C)C(O)Cc3ccccc3)c2)n1. The highest BCUT2D eigenvalue weighted by Crippen LogP contribution is 2.22. The highest BCUT2D eigenvalue weighted by Gasteiger charge is 2.16. The fourth-order valence-electron chi connectivity index (χ4n) is 2.59. The molecule has 6 heteroatoms. The standard InChI is InChI=1S/C20H24N4O2/c1-13(2)19-23-20(26-24-19)16-9-10-21-18(12-16)22-14(3)17(25)11-15-7-5-4-6-8-15/h4-10,12-14,17,25H,11H2,1-3H3,(H,21,22). The molecule has 2 N–H and O–H groups in total. The fourth-order valence-corrected chi connectivity index (χ4v) is 2.59. The van der Waals surface area contributed by atoms with E-state index in [2.05, 4.69) is 20.4 Å². The third-order valence-electron chi connectivity index (χ3n) is 4.21. The van der Waals surface area contributed by atoms with Gasteiger partial charge in [0.25, 0.3) is 5.89 Å². The van der Waals surface area contributed by atoms with Gasteiger partial charge < -0.3 is 14.9 Å². The number of nitrogens with one attached hydrogen (secondary N) is 1. The van der Waals surface area contributed by atoms with Gasteiger partial charge >= 0.3 is 0 Å². The van der Waals surface area contributed by atoms with Gasteiger partial charge in [0.05, 0.1) is 12.1 Å². The topological polar surface area (TPSA) is 84.1 Å². The van der Waals surface area contributed by atoms with Gasteiger partial charge in [-0.05, 0) is 24.6 Å². The van der Waals surface area contributed by atoms with E-state index in [4.69, 9.17) is 4.52 Å². The summed E-state index contributed by atoms with van der Waals surface area (Å²) in [4.78, 5) is 8.73. The van der Waals surface area contributed by atoms with E-state index in [9.17, 15) is 5.11 Å². The minimum atomic E-state index is -0.529. The first-order valence-corrected chi connectivity index (χ1v) is 8.81. The van der Waals surface area contributed by atoms with Crippen molar-refractivity contribution in [3.63, 3.8) is 0 Å². The average molecular weight is 352 g/mol. The number of benzene rings is 1. The van der Waals surface area contributed by atoms with Crippen LogP contribution in [0.25, 0.3) is 11.5 Å². The van der Waals surface area contributed by atoms with Crippen molar-refractivity contribution < 1.29 is 9.63 Å². The van der Waals surface area contributed by atoms with Crippen molar-refractivity contribution in [2.45, 2.75) is 45.3 Å². The van der Waals surface area contributed by atoms with Crippen molar-refractivity contribution in [1.82, 2.24) is 15.1 Å². The maximum atomic E-state index is 10.5. The summed E-state index contributed by atoms with van der Waals surface area (Å²) >= 11 is 0. The van der Waals surface area contributed by atoms with Gasteiger partial charge in [-0.3, -0.25) is 0 Å². The van der Waals surface area contributed by atoms with Crippen LogP contribution < -0.4 is 5.32 Å². The molecule has 3 rings (SSSR count). The van der Waals surface area contributed by atoms with Gasteiger partial charge in [-0.25, -0.2) is 4.98 Å². The molecule has 3 aromatic rings.